The molecule has 0 aromatic heterocycles. The van der Waals surface area contributed by atoms with Crippen LogP contribution in [0.1, 0.15) is 0 Å². The molecule has 1 rings (SSSR count). The van der Waals surface area contributed by atoms with Crippen LogP contribution in [0.25, 0.3) is 0 Å². The minimum Gasteiger partial charge on any atom is -0.320 e. The lowest BCUT2D eigenvalue weighted by Gasteiger charge is -2.42. The Labute approximate surface area is 203 Å². The predicted molar refractivity (Wildman–Crippen MR) is 91.2 cm³/mol. The minimum atomic E-state index is -8.76. The molecule has 1 amide bonds. The molecular weight excluding hydrogens is 693 g/mol. The predicted octanol–water partition coefficient (Wildman–Crippen LogP) is 8.16. The Kier molecular flexibility index (Phi) is 8.16. The van der Waals surface area contributed by atoms with E-state index in [4.69, 9.17) is 0 Å². The average Bonchev–Trinajstić information content (AvgIpc) is 2.68. The van der Waals surface area contributed by atoms with Gasteiger partial charge in [0, 0.05) is 8.95 Å². The molecular formula is C15H4Br2F17NO. The van der Waals surface area contributed by atoms with Gasteiger partial charge in [-0.05, 0) is 34.1 Å². The summed E-state index contributed by atoms with van der Waals surface area (Å²) in [6.45, 7) is 0. The Morgan fingerprint density at radius 3 is 1.31 bits per heavy atom. The van der Waals surface area contributed by atoms with Crippen molar-refractivity contribution in [2.24, 2.45) is 0 Å². The Bertz CT molecular complexity index is 1000. The van der Waals surface area contributed by atoms with Crippen molar-refractivity contribution >= 4 is 43.5 Å². The van der Waals surface area contributed by atoms with E-state index in [2.05, 4.69) is 31.9 Å². The Morgan fingerprint density at radius 1 is 0.583 bits per heavy atom. The highest BCUT2D eigenvalue weighted by Gasteiger charge is 2.95. The lowest BCUT2D eigenvalue weighted by Crippen LogP contribution is -2.75. The van der Waals surface area contributed by atoms with E-state index < -0.39 is 63.7 Å². The molecule has 0 spiro atoms. The maximum absolute atomic E-state index is 13.9. The summed E-state index contributed by atoms with van der Waals surface area (Å²) in [7, 11) is 0. The fraction of sp³-hybridized carbons (Fsp3) is 0.533. The maximum Gasteiger partial charge on any atom is 0.460 e. The zero-order chi connectivity index (χ0) is 29.1. The molecule has 0 bridgehead atoms. The van der Waals surface area contributed by atoms with Gasteiger partial charge in [0.25, 0.3) is 0 Å². The number of halogens is 19. The number of alkyl halides is 17. The monoisotopic (exact) mass is 695 g/mol. The van der Waals surface area contributed by atoms with Crippen LogP contribution in [0.15, 0.2) is 27.1 Å². The summed E-state index contributed by atoms with van der Waals surface area (Å²) in [6.07, 6.45) is -7.84. The number of anilines is 1. The average molecular weight is 697 g/mol. The summed E-state index contributed by atoms with van der Waals surface area (Å²) >= 11 is 5.35. The van der Waals surface area contributed by atoms with Crippen LogP contribution in [0, 0.1) is 0 Å². The fourth-order valence-corrected chi connectivity index (χ4v) is 3.24. The quantitative estimate of drug-likeness (QED) is 0.273. The topological polar surface area (TPSA) is 29.1 Å². The van der Waals surface area contributed by atoms with Crippen LogP contribution in [-0.4, -0.2) is 53.5 Å². The van der Waals surface area contributed by atoms with Gasteiger partial charge in [-0.3, -0.25) is 4.79 Å². The van der Waals surface area contributed by atoms with Gasteiger partial charge in [0.2, 0.25) is 0 Å². The van der Waals surface area contributed by atoms with E-state index in [1.807, 2.05) is 0 Å². The molecule has 36 heavy (non-hydrogen) atoms. The van der Waals surface area contributed by atoms with Crippen molar-refractivity contribution in [1.82, 2.24) is 0 Å². The van der Waals surface area contributed by atoms with Crippen molar-refractivity contribution < 1.29 is 79.4 Å². The number of benzene rings is 1. The third-order valence-corrected chi connectivity index (χ3v) is 5.34. The highest BCUT2D eigenvalue weighted by molar-refractivity contribution is 9.11. The molecule has 208 valence electrons. The van der Waals surface area contributed by atoms with E-state index in [9.17, 15) is 79.4 Å². The van der Waals surface area contributed by atoms with E-state index in [-0.39, 0.29) is 4.47 Å². The number of nitrogens with one attached hydrogen (secondary N) is 1. The van der Waals surface area contributed by atoms with E-state index in [1.54, 1.807) is 0 Å². The first-order chi connectivity index (χ1) is 15.6. The summed E-state index contributed by atoms with van der Waals surface area (Å²) in [5.74, 6) is -61.8. The number of rotatable bonds is 8. The number of hydrogen-bond donors (Lipinski definition) is 1. The fourth-order valence-electron chi connectivity index (χ4n) is 2.10. The summed E-state index contributed by atoms with van der Waals surface area (Å²) in [4.78, 5) is 11.5. The van der Waals surface area contributed by atoms with Crippen molar-refractivity contribution in [2.75, 3.05) is 5.32 Å². The molecule has 0 saturated heterocycles. The molecule has 0 atom stereocenters. The number of amides is 1. The SMILES string of the molecule is O=C(Nc1ccc(Br)cc1Br)C(F)(F)C(F)(F)C(F)(F)C(F)(F)C(F)(F)C(F)(F)C(F)(F)C(F)(F)F. The van der Waals surface area contributed by atoms with Crippen LogP contribution in [0.4, 0.5) is 80.3 Å². The normalized spacial score (nSPS) is 15.2. The van der Waals surface area contributed by atoms with Crippen molar-refractivity contribution in [3.8, 4) is 0 Å². The van der Waals surface area contributed by atoms with E-state index >= 15 is 0 Å². The highest BCUT2D eigenvalue weighted by Crippen LogP contribution is 2.64. The molecule has 1 aromatic rings. The van der Waals surface area contributed by atoms with Crippen LogP contribution in [0.3, 0.4) is 0 Å². The van der Waals surface area contributed by atoms with Crippen LogP contribution < -0.4 is 5.32 Å². The largest absolute Gasteiger partial charge is 0.460 e. The van der Waals surface area contributed by atoms with Crippen molar-refractivity contribution in [3.63, 3.8) is 0 Å². The van der Waals surface area contributed by atoms with Crippen LogP contribution in [0.5, 0.6) is 0 Å². The second-order valence-electron chi connectivity index (χ2n) is 6.60. The lowest BCUT2D eigenvalue weighted by atomic mass is 9.89. The van der Waals surface area contributed by atoms with Gasteiger partial charge in [0.15, 0.2) is 0 Å². The highest BCUT2D eigenvalue weighted by atomic mass is 79.9. The molecule has 0 aliphatic rings. The molecule has 0 radical (unpaired) electrons. The van der Waals surface area contributed by atoms with Gasteiger partial charge in [0.05, 0.1) is 5.69 Å². The summed E-state index contributed by atoms with van der Waals surface area (Å²) in [5.41, 5.74) is -0.949. The molecule has 21 heteroatoms. The van der Waals surface area contributed by atoms with Gasteiger partial charge in [0.1, 0.15) is 0 Å². The number of hydrogen-bond acceptors (Lipinski definition) is 1. The third-order valence-electron chi connectivity index (χ3n) is 4.19. The first-order valence-electron chi connectivity index (χ1n) is 8.03. The molecule has 0 heterocycles. The molecule has 1 aromatic carbocycles. The Balaban J connectivity index is 3.59. The lowest BCUT2D eigenvalue weighted by molar-refractivity contribution is -0.459. The molecule has 2 nitrogen and oxygen atoms in total. The van der Waals surface area contributed by atoms with Gasteiger partial charge in [-0.25, -0.2) is 0 Å². The zero-order valence-corrected chi connectivity index (χ0v) is 19.0. The molecule has 1 N–H and O–H groups in total. The van der Waals surface area contributed by atoms with E-state index in [0.717, 1.165) is 17.4 Å². The van der Waals surface area contributed by atoms with Gasteiger partial charge >= 0.3 is 53.5 Å². The van der Waals surface area contributed by atoms with Crippen molar-refractivity contribution in [3.05, 3.63) is 27.1 Å². The standard InChI is InChI=1S/C15H4Br2F17NO/c16-4-1-2-6(5(17)3-4)35-7(36)8(18,19)9(20,21)10(22,23)11(24,25)12(26,27)13(28,29)14(30,31)15(32,33)34/h1-3H,(H,35,36). The van der Waals surface area contributed by atoms with Crippen LogP contribution in [0.2, 0.25) is 0 Å². The molecule has 0 unspecified atom stereocenters. The van der Waals surface area contributed by atoms with Gasteiger partial charge < -0.3 is 5.32 Å². The zero-order valence-electron chi connectivity index (χ0n) is 15.8. The first-order valence-corrected chi connectivity index (χ1v) is 9.62. The summed E-state index contributed by atoms with van der Waals surface area (Å²) < 4.78 is 224. The maximum atomic E-state index is 13.9. The summed E-state index contributed by atoms with van der Waals surface area (Å²) in [5, 5.41) is 0.801. The van der Waals surface area contributed by atoms with E-state index in [0.29, 0.717) is 6.07 Å². The third kappa shape index (κ3) is 4.50. The second-order valence-corrected chi connectivity index (χ2v) is 8.37. The number of carbonyl (C=O) groups excluding carboxylic acids is 1. The van der Waals surface area contributed by atoms with Crippen LogP contribution >= 0.6 is 31.9 Å². The van der Waals surface area contributed by atoms with Crippen molar-refractivity contribution in [1.29, 1.82) is 0 Å². The molecule has 0 aliphatic carbocycles. The second kappa shape index (κ2) is 9.04. The summed E-state index contributed by atoms with van der Waals surface area (Å²) in [6, 6.07) is 2.43. The molecule has 0 aliphatic heterocycles. The smallest absolute Gasteiger partial charge is 0.320 e. The Morgan fingerprint density at radius 2 is 0.944 bits per heavy atom. The molecule has 0 fully saturated rings. The van der Waals surface area contributed by atoms with Gasteiger partial charge in [-0.1, -0.05) is 15.9 Å². The minimum absolute atomic E-state index is 0.120. The van der Waals surface area contributed by atoms with Gasteiger partial charge in [-0.2, -0.15) is 74.6 Å². The van der Waals surface area contributed by atoms with Crippen LogP contribution in [-0.2, 0) is 4.79 Å². The Hall–Kier alpha value is -1.54. The number of carbonyl (C=O) groups is 1. The van der Waals surface area contributed by atoms with Gasteiger partial charge in [-0.15, -0.1) is 0 Å². The first kappa shape index (κ1) is 32.5. The van der Waals surface area contributed by atoms with Crippen molar-refractivity contribution in [2.45, 2.75) is 47.6 Å². The molecule has 0 saturated carbocycles. The van der Waals surface area contributed by atoms with E-state index in [1.165, 1.54) is 0 Å².